The fourth-order valence-electron chi connectivity index (χ4n) is 5.25. The standard InChI is InChI=1S/C30H38N4O3S/c1-5-14-33-17-22(3)34(18-21(33)2)29(25-7-6-8-27(35)16-25)23-9-11-24(12-10-23)30-31-26(20-38-30)13-15-32(4)19-28(36)37/h5-12,16,20-22,29,35H,1,13-15,17-19H2,2-4H3,(H,36,37)/t21-,22+,29-/m1/s1. The molecule has 1 aromatic heterocycles. The highest BCUT2D eigenvalue weighted by atomic mass is 32.1. The van der Waals surface area contributed by atoms with Gasteiger partial charge in [0.1, 0.15) is 10.8 Å². The molecule has 7 nitrogen and oxygen atoms in total. The average Bonchev–Trinajstić information content (AvgIpc) is 3.35. The van der Waals surface area contributed by atoms with Crippen molar-refractivity contribution in [3.63, 3.8) is 0 Å². The van der Waals surface area contributed by atoms with Gasteiger partial charge in [0.25, 0.3) is 0 Å². The van der Waals surface area contributed by atoms with Crippen molar-refractivity contribution < 1.29 is 15.0 Å². The van der Waals surface area contributed by atoms with Gasteiger partial charge in [-0.25, -0.2) is 4.98 Å². The monoisotopic (exact) mass is 534 g/mol. The highest BCUT2D eigenvalue weighted by molar-refractivity contribution is 7.13. The van der Waals surface area contributed by atoms with E-state index in [1.165, 1.54) is 5.56 Å². The fraction of sp³-hybridized carbons (Fsp3) is 0.400. The highest BCUT2D eigenvalue weighted by Gasteiger charge is 2.34. The number of benzene rings is 2. The van der Waals surface area contributed by atoms with Crippen LogP contribution in [0.4, 0.5) is 0 Å². The van der Waals surface area contributed by atoms with E-state index in [1.54, 1.807) is 22.3 Å². The van der Waals surface area contributed by atoms with Gasteiger partial charge in [0, 0.05) is 55.6 Å². The molecule has 1 fully saturated rings. The van der Waals surface area contributed by atoms with Crippen LogP contribution in [0, 0.1) is 0 Å². The Morgan fingerprint density at radius 1 is 1.18 bits per heavy atom. The maximum atomic E-state index is 10.9. The first kappa shape index (κ1) is 28.0. The lowest BCUT2D eigenvalue weighted by Gasteiger charge is -2.47. The van der Waals surface area contributed by atoms with E-state index in [9.17, 15) is 9.90 Å². The van der Waals surface area contributed by atoms with E-state index >= 15 is 0 Å². The zero-order valence-electron chi connectivity index (χ0n) is 22.5. The first-order valence-corrected chi connectivity index (χ1v) is 14.0. The van der Waals surface area contributed by atoms with Crippen molar-refractivity contribution in [1.29, 1.82) is 0 Å². The van der Waals surface area contributed by atoms with Crippen LogP contribution >= 0.6 is 11.3 Å². The Morgan fingerprint density at radius 3 is 2.63 bits per heavy atom. The van der Waals surface area contributed by atoms with Crippen LogP contribution in [0.25, 0.3) is 10.6 Å². The SMILES string of the molecule is C=CCN1C[C@H](C)N([C@H](c2ccc(-c3nc(CCN(C)CC(=O)O)cs3)cc2)c2cccc(O)c2)C[C@H]1C. The molecule has 0 saturated carbocycles. The molecule has 1 aliphatic rings. The van der Waals surface area contributed by atoms with Gasteiger partial charge < -0.3 is 10.2 Å². The number of phenols is 1. The molecule has 1 aliphatic heterocycles. The van der Waals surface area contributed by atoms with Crippen molar-refractivity contribution in [3.05, 3.63) is 83.4 Å². The van der Waals surface area contributed by atoms with Crippen LogP contribution in [-0.2, 0) is 11.2 Å². The Labute approximate surface area is 229 Å². The molecule has 0 radical (unpaired) electrons. The van der Waals surface area contributed by atoms with Crippen LogP contribution in [0.3, 0.4) is 0 Å². The van der Waals surface area contributed by atoms with Crippen molar-refractivity contribution in [2.24, 2.45) is 0 Å². The third-order valence-electron chi connectivity index (χ3n) is 7.22. The second-order valence-corrected chi connectivity index (χ2v) is 11.1. The Bertz CT molecular complexity index is 1230. The number of thiazole rings is 1. The summed E-state index contributed by atoms with van der Waals surface area (Å²) < 4.78 is 0. The van der Waals surface area contributed by atoms with Gasteiger partial charge in [-0.05, 0) is 44.2 Å². The molecule has 2 N–H and O–H groups in total. The van der Waals surface area contributed by atoms with E-state index in [1.807, 2.05) is 25.3 Å². The second kappa shape index (κ2) is 12.7. The maximum absolute atomic E-state index is 10.9. The van der Waals surface area contributed by atoms with Crippen molar-refractivity contribution in [2.75, 3.05) is 39.8 Å². The number of aliphatic carboxylic acids is 1. The number of carboxylic acid groups (broad SMARTS) is 1. The summed E-state index contributed by atoms with van der Waals surface area (Å²) in [6.45, 7) is 11.9. The van der Waals surface area contributed by atoms with Gasteiger partial charge in [0.05, 0.1) is 18.3 Å². The van der Waals surface area contributed by atoms with Crippen LogP contribution in [0.15, 0.2) is 66.6 Å². The fourth-order valence-corrected chi connectivity index (χ4v) is 6.11. The Balaban J connectivity index is 1.55. The smallest absolute Gasteiger partial charge is 0.317 e. The number of hydrogen-bond acceptors (Lipinski definition) is 7. The zero-order valence-corrected chi connectivity index (χ0v) is 23.3. The van der Waals surface area contributed by atoms with Crippen molar-refractivity contribution in [3.8, 4) is 16.3 Å². The summed E-state index contributed by atoms with van der Waals surface area (Å²) in [5.41, 5.74) is 4.30. The molecule has 2 heterocycles. The average molecular weight is 535 g/mol. The van der Waals surface area contributed by atoms with E-state index in [0.29, 0.717) is 25.0 Å². The first-order chi connectivity index (χ1) is 18.2. The van der Waals surface area contributed by atoms with Gasteiger partial charge >= 0.3 is 5.97 Å². The molecule has 4 rings (SSSR count). The van der Waals surface area contributed by atoms with E-state index in [-0.39, 0.29) is 18.3 Å². The summed E-state index contributed by atoms with van der Waals surface area (Å²) in [6.07, 6.45) is 2.69. The van der Waals surface area contributed by atoms with Gasteiger partial charge in [-0.1, -0.05) is 42.5 Å². The molecular formula is C30H38N4O3S. The van der Waals surface area contributed by atoms with Gasteiger partial charge in [-0.3, -0.25) is 19.5 Å². The number of carboxylic acids is 1. The van der Waals surface area contributed by atoms with E-state index < -0.39 is 5.97 Å². The van der Waals surface area contributed by atoms with Crippen LogP contribution in [0.5, 0.6) is 5.75 Å². The maximum Gasteiger partial charge on any atom is 0.317 e. The second-order valence-electron chi connectivity index (χ2n) is 10.3. The quantitative estimate of drug-likeness (QED) is 0.344. The Kier molecular flexibility index (Phi) is 9.33. The number of phenolic OH excluding ortho intramolecular Hbond substituents is 1. The minimum Gasteiger partial charge on any atom is -0.508 e. The molecule has 0 amide bonds. The number of rotatable bonds is 11. The summed E-state index contributed by atoms with van der Waals surface area (Å²) >= 11 is 1.61. The van der Waals surface area contributed by atoms with E-state index in [4.69, 9.17) is 10.1 Å². The summed E-state index contributed by atoms with van der Waals surface area (Å²) in [4.78, 5) is 22.5. The van der Waals surface area contributed by atoms with Gasteiger partial charge in [-0.15, -0.1) is 17.9 Å². The summed E-state index contributed by atoms with van der Waals surface area (Å²) in [5, 5.41) is 22.2. The lowest BCUT2D eigenvalue weighted by Crippen LogP contribution is -2.57. The number of carbonyl (C=O) groups is 1. The van der Waals surface area contributed by atoms with Crippen molar-refractivity contribution in [1.82, 2.24) is 19.7 Å². The molecule has 202 valence electrons. The van der Waals surface area contributed by atoms with E-state index in [2.05, 4.69) is 65.9 Å². The van der Waals surface area contributed by atoms with Crippen LogP contribution in [0.1, 0.15) is 36.7 Å². The number of nitrogens with zero attached hydrogens (tertiary/aromatic N) is 4. The molecule has 38 heavy (non-hydrogen) atoms. The minimum absolute atomic E-state index is 0.0242. The molecule has 0 spiro atoms. The lowest BCUT2D eigenvalue weighted by molar-refractivity contribution is -0.137. The summed E-state index contributed by atoms with van der Waals surface area (Å²) in [7, 11) is 1.81. The summed E-state index contributed by atoms with van der Waals surface area (Å²) in [5.74, 6) is -0.544. The number of aromatic hydroxyl groups is 1. The highest BCUT2D eigenvalue weighted by Crippen LogP contribution is 2.35. The normalized spacial score (nSPS) is 19.5. The molecule has 1 saturated heterocycles. The predicted octanol–water partition coefficient (Wildman–Crippen LogP) is 4.74. The van der Waals surface area contributed by atoms with Crippen LogP contribution in [0.2, 0.25) is 0 Å². The zero-order chi connectivity index (χ0) is 27.2. The Hall–Kier alpha value is -3.04. The molecule has 0 unspecified atom stereocenters. The topological polar surface area (TPSA) is 80.1 Å². The largest absolute Gasteiger partial charge is 0.508 e. The molecule has 3 aromatic rings. The molecule has 3 atom stereocenters. The molecule has 8 heteroatoms. The third kappa shape index (κ3) is 6.88. The predicted molar refractivity (Wildman–Crippen MR) is 154 cm³/mol. The van der Waals surface area contributed by atoms with Gasteiger partial charge in [0.15, 0.2) is 0 Å². The van der Waals surface area contributed by atoms with Crippen molar-refractivity contribution >= 4 is 17.3 Å². The van der Waals surface area contributed by atoms with Crippen LogP contribution in [-0.4, -0.2) is 87.7 Å². The molecule has 2 aromatic carbocycles. The third-order valence-corrected chi connectivity index (χ3v) is 8.16. The lowest BCUT2D eigenvalue weighted by atomic mass is 9.93. The minimum atomic E-state index is -0.821. The number of likely N-dealkylation sites (N-methyl/N-ethyl adjacent to an activating group) is 1. The van der Waals surface area contributed by atoms with Crippen molar-refractivity contribution in [2.45, 2.75) is 38.4 Å². The Morgan fingerprint density at radius 2 is 1.95 bits per heavy atom. The number of hydrogen-bond donors (Lipinski definition) is 2. The summed E-state index contributed by atoms with van der Waals surface area (Å²) in [6, 6.07) is 17.0. The van der Waals surface area contributed by atoms with E-state index in [0.717, 1.165) is 41.5 Å². The van der Waals surface area contributed by atoms with Gasteiger partial charge in [0.2, 0.25) is 0 Å². The van der Waals surface area contributed by atoms with Gasteiger partial charge in [-0.2, -0.15) is 0 Å². The molecule has 0 bridgehead atoms. The molecule has 0 aliphatic carbocycles. The number of aromatic nitrogens is 1. The number of piperazine rings is 1. The first-order valence-electron chi connectivity index (χ1n) is 13.1. The van der Waals surface area contributed by atoms with Crippen LogP contribution < -0.4 is 0 Å². The molecular weight excluding hydrogens is 496 g/mol.